The molecule has 0 saturated heterocycles. The van der Waals surface area contributed by atoms with Gasteiger partial charge in [0.15, 0.2) is 0 Å². The minimum Gasteiger partial charge on any atom is -0.333 e. The molecule has 4 nitrogen and oxygen atoms in total. The third-order valence-corrected chi connectivity index (χ3v) is 6.12. The minimum atomic E-state index is -0.170. The summed E-state index contributed by atoms with van der Waals surface area (Å²) in [5, 5.41) is 15.7. The van der Waals surface area contributed by atoms with Crippen molar-refractivity contribution < 1.29 is 10.1 Å². The van der Waals surface area contributed by atoms with E-state index in [9.17, 15) is 10.1 Å². The van der Waals surface area contributed by atoms with Gasteiger partial charge in [0, 0.05) is 12.0 Å². The number of hydrogen-bond acceptors (Lipinski definition) is 3. The first-order valence-electron chi connectivity index (χ1n) is 8.44. The van der Waals surface area contributed by atoms with Crippen LogP contribution < -0.4 is 10.6 Å². The Balaban J connectivity index is 1.99. The monoisotopic (exact) mass is 354 g/mol. The second kappa shape index (κ2) is 5.98. The fourth-order valence-corrected chi connectivity index (χ4v) is 5.03. The summed E-state index contributed by atoms with van der Waals surface area (Å²) in [6, 6.07) is 9.78. The first kappa shape index (κ1) is 17.7. The number of nitrogens with zero attached hydrogens (tertiary/aromatic N) is 1. The Kier molecular flexibility index (Phi) is 4.22. The van der Waals surface area contributed by atoms with Gasteiger partial charge in [0.1, 0.15) is 16.6 Å². The molecule has 1 amide bonds. The number of aryl methyl sites for hydroxylation is 1. The van der Waals surface area contributed by atoms with Crippen molar-refractivity contribution in [1.29, 1.82) is 5.26 Å². The molecule has 0 radical (unpaired) electrons. The number of anilines is 1. The Bertz CT molecular complexity index is 870. The van der Waals surface area contributed by atoms with E-state index in [1.165, 1.54) is 16.2 Å². The van der Waals surface area contributed by atoms with Gasteiger partial charge in [0.25, 0.3) is 5.91 Å². The number of nitrogens with two attached hydrogens (primary N) is 1. The van der Waals surface area contributed by atoms with Crippen LogP contribution in [0, 0.1) is 18.3 Å². The van der Waals surface area contributed by atoms with Crippen LogP contribution in [0.3, 0.4) is 0 Å². The predicted octanol–water partition coefficient (Wildman–Crippen LogP) is 3.31. The minimum absolute atomic E-state index is 0.0292. The predicted molar refractivity (Wildman–Crippen MR) is 101 cm³/mol. The first-order valence-corrected chi connectivity index (χ1v) is 9.26. The third-order valence-electron chi connectivity index (χ3n) is 4.63. The highest BCUT2D eigenvalue weighted by atomic mass is 32.1. The molecule has 5 heteroatoms. The van der Waals surface area contributed by atoms with Crippen LogP contribution >= 0.6 is 11.3 Å². The molecule has 2 heterocycles. The normalized spacial score (nSPS) is 17.4. The molecular weight excluding hydrogens is 330 g/mol. The topological polar surface area (TPSA) is 69.5 Å². The van der Waals surface area contributed by atoms with Crippen molar-refractivity contribution in [3.63, 3.8) is 0 Å². The van der Waals surface area contributed by atoms with Gasteiger partial charge >= 0.3 is 0 Å². The third kappa shape index (κ3) is 3.33. The van der Waals surface area contributed by atoms with Crippen LogP contribution in [0.15, 0.2) is 24.3 Å². The molecule has 1 aliphatic heterocycles. The van der Waals surface area contributed by atoms with Crippen molar-refractivity contribution in [2.45, 2.75) is 52.1 Å². The van der Waals surface area contributed by atoms with E-state index in [-0.39, 0.29) is 17.0 Å². The van der Waals surface area contributed by atoms with Gasteiger partial charge in [0.05, 0.1) is 16.0 Å². The summed E-state index contributed by atoms with van der Waals surface area (Å²) in [5.74, 6) is -0.170. The average Bonchev–Trinajstić information content (AvgIpc) is 2.83. The lowest BCUT2D eigenvalue weighted by molar-refractivity contribution is -0.789. The number of hydrogen-bond donors (Lipinski definition) is 2. The summed E-state index contributed by atoms with van der Waals surface area (Å²) in [5.41, 5.74) is 3.34. The maximum absolute atomic E-state index is 12.6. The van der Waals surface area contributed by atoms with Gasteiger partial charge in [-0.1, -0.05) is 17.7 Å². The maximum atomic E-state index is 12.6. The van der Waals surface area contributed by atoms with E-state index in [1.807, 2.05) is 31.2 Å². The van der Waals surface area contributed by atoms with Crippen molar-refractivity contribution in [2.75, 3.05) is 5.32 Å². The summed E-state index contributed by atoms with van der Waals surface area (Å²) >= 11 is 1.53. The molecule has 0 spiro atoms. The molecule has 0 aliphatic carbocycles. The first-order chi connectivity index (χ1) is 11.6. The number of carbonyl (C=O) groups is 1. The molecule has 3 rings (SSSR count). The molecule has 1 aromatic carbocycles. The second-order valence-corrected chi connectivity index (χ2v) is 9.10. The fraction of sp³-hybridized carbons (Fsp3) is 0.400. The lowest BCUT2D eigenvalue weighted by atomic mass is 9.81. The van der Waals surface area contributed by atoms with Gasteiger partial charge in [-0.25, -0.2) is 0 Å². The molecule has 0 fully saturated rings. The molecular formula is C20H24N3OS+. The smallest absolute Gasteiger partial charge is 0.256 e. The zero-order valence-electron chi connectivity index (χ0n) is 15.4. The number of fused-ring (bicyclic) bond motifs is 1. The Morgan fingerprint density at radius 3 is 2.48 bits per heavy atom. The second-order valence-electron chi connectivity index (χ2n) is 8.08. The van der Waals surface area contributed by atoms with Gasteiger partial charge in [-0.05, 0) is 52.3 Å². The van der Waals surface area contributed by atoms with Crippen LogP contribution in [-0.2, 0) is 12.0 Å². The number of nitrogens with one attached hydrogen (secondary N) is 1. The molecule has 1 aliphatic rings. The summed E-state index contributed by atoms with van der Waals surface area (Å²) in [6.07, 6.45) is 0.825. The van der Waals surface area contributed by atoms with Gasteiger partial charge in [-0.2, -0.15) is 5.26 Å². The zero-order chi connectivity index (χ0) is 18.4. The zero-order valence-corrected chi connectivity index (χ0v) is 16.2. The molecule has 0 unspecified atom stereocenters. The Hall–Kier alpha value is -2.16. The van der Waals surface area contributed by atoms with Crippen LogP contribution in [-0.4, -0.2) is 11.4 Å². The number of amides is 1. The van der Waals surface area contributed by atoms with E-state index in [1.54, 1.807) is 0 Å². The molecule has 1 aromatic heterocycles. The molecule has 25 heavy (non-hydrogen) atoms. The molecule has 0 saturated carbocycles. The van der Waals surface area contributed by atoms with E-state index in [0.29, 0.717) is 16.1 Å². The van der Waals surface area contributed by atoms with E-state index in [4.69, 9.17) is 0 Å². The number of benzene rings is 1. The molecule has 2 aromatic rings. The van der Waals surface area contributed by atoms with Crippen LogP contribution in [0.5, 0.6) is 0 Å². The number of thiophene rings is 1. The largest absolute Gasteiger partial charge is 0.333 e. The van der Waals surface area contributed by atoms with Crippen molar-refractivity contribution in [3.05, 3.63) is 51.4 Å². The quantitative estimate of drug-likeness (QED) is 0.869. The fourth-order valence-electron chi connectivity index (χ4n) is 3.79. The lowest BCUT2D eigenvalue weighted by Crippen LogP contribution is -3.03. The summed E-state index contributed by atoms with van der Waals surface area (Å²) in [6.45, 7) is 10.7. The molecule has 0 atom stereocenters. The van der Waals surface area contributed by atoms with Crippen molar-refractivity contribution in [1.82, 2.24) is 0 Å². The molecule has 0 bridgehead atoms. The molecule has 130 valence electrons. The van der Waals surface area contributed by atoms with E-state index in [2.05, 4.69) is 44.4 Å². The van der Waals surface area contributed by atoms with E-state index >= 15 is 0 Å². The van der Waals surface area contributed by atoms with Crippen LogP contribution in [0.2, 0.25) is 0 Å². The summed E-state index contributed by atoms with van der Waals surface area (Å²) < 4.78 is 0. The summed E-state index contributed by atoms with van der Waals surface area (Å²) in [4.78, 5) is 13.8. The van der Waals surface area contributed by atoms with Gasteiger partial charge in [-0.15, -0.1) is 11.3 Å². The Morgan fingerprint density at radius 2 is 1.88 bits per heavy atom. The number of rotatable bonds is 2. The Labute approximate surface area is 152 Å². The van der Waals surface area contributed by atoms with Crippen molar-refractivity contribution >= 4 is 22.2 Å². The number of quaternary nitrogens is 1. The van der Waals surface area contributed by atoms with Gasteiger partial charge < -0.3 is 10.6 Å². The lowest BCUT2D eigenvalue weighted by Gasteiger charge is -2.38. The van der Waals surface area contributed by atoms with Crippen LogP contribution in [0.1, 0.15) is 59.6 Å². The SMILES string of the molecule is Cc1ccc(C(=O)Nc2sc3c(c2C#N)CC(C)(C)[NH2+]C3(C)C)cc1. The maximum Gasteiger partial charge on any atom is 0.256 e. The summed E-state index contributed by atoms with van der Waals surface area (Å²) in [7, 11) is 0. The number of nitriles is 1. The Morgan fingerprint density at radius 1 is 1.24 bits per heavy atom. The standard InChI is InChI=1S/C20H23N3OS/c1-12-6-8-13(9-7-12)17(24)22-18-15(11-21)14-10-19(2,3)23-20(4,5)16(14)25-18/h6-9,23H,10H2,1-5H3,(H,22,24)/p+1. The highest BCUT2D eigenvalue weighted by Gasteiger charge is 2.44. The van der Waals surface area contributed by atoms with Crippen LogP contribution in [0.4, 0.5) is 5.00 Å². The van der Waals surface area contributed by atoms with Gasteiger partial charge in [0.2, 0.25) is 0 Å². The highest BCUT2D eigenvalue weighted by molar-refractivity contribution is 7.16. The van der Waals surface area contributed by atoms with Crippen molar-refractivity contribution in [3.8, 4) is 6.07 Å². The van der Waals surface area contributed by atoms with Gasteiger partial charge in [-0.3, -0.25) is 4.79 Å². The van der Waals surface area contributed by atoms with E-state index in [0.717, 1.165) is 17.5 Å². The van der Waals surface area contributed by atoms with E-state index < -0.39 is 0 Å². The van der Waals surface area contributed by atoms with Crippen molar-refractivity contribution in [2.24, 2.45) is 0 Å². The van der Waals surface area contributed by atoms with Crippen LogP contribution in [0.25, 0.3) is 0 Å². The average molecular weight is 354 g/mol. The molecule has 3 N–H and O–H groups in total. The number of carbonyl (C=O) groups excluding carboxylic acids is 1. The highest BCUT2D eigenvalue weighted by Crippen LogP contribution is 2.41.